The fourth-order valence-corrected chi connectivity index (χ4v) is 2.03. The summed E-state index contributed by atoms with van der Waals surface area (Å²) in [6.07, 6.45) is -6.01. The number of fused-ring (bicyclic) bond motifs is 1. The third-order valence-electron chi connectivity index (χ3n) is 3.10. The minimum absolute atomic E-state index is 0.0186. The van der Waals surface area contributed by atoms with E-state index in [1.807, 2.05) is 0 Å². The van der Waals surface area contributed by atoms with Gasteiger partial charge in [-0.05, 0) is 18.2 Å². The average Bonchev–Trinajstić information content (AvgIpc) is 2.52. The Bertz CT molecular complexity index is 610. The summed E-state index contributed by atoms with van der Waals surface area (Å²) >= 11 is 0. The van der Waals surface area contributed by atoms with Crippen LogP contribution < -0.4 is 9.47 Å². The van der Waals surface area contributed by atoms with E-state index < -0.39 is 23.8 Å². The fourth-order valence-electron chi connectivity index (χ4n) is 2.03. The number of benzene rings is 1. The number of esters is 1. The van der Waals surface area contributed by atoms with E-state index in [1.54, 1.807) is 6.07 Å². The van der Waals surface area contributed by atoms with E-state index in [2.05, 4.69) is 4.74 Å². The monoisotopic (exact) mass is 332 g/mol. The number of carbonyl (C=O) groups excluding carboxylic acids is 1. The summed E-state index contributed by atoms with van der Waals surface area (Å²) in [5.41, 5.74) is -0.259. The van der Waals surface area contributed by atoms with Crippen molar-refractivity contribution in [3.8, 4) is 11.5 Å². The van der Waals surface area contributed by atoms with Crippen LogP contribution in [0.15, 0.2) is 23.8 Å². The Morgan fingerprint density at radius 2 is 2.00 bits per heavy atom. The number of hydrogen-bond acceptors (Lipinski definition) is 5. The van der Waals surface area contributed by atoms with Crippen LogP contribution >= 0.6 is 0 Å². The molecule has 1 heterocycles. The van der Waals surface area contributed by atoms with Gasteiger partial charge in [-0.2, -0.15) is 13.2 Å². The lowest BCUT2D eigenvalue weighted by Gasteiger charge is -2.27. The highest BCUT2D eigenvalue weighted by atomic mass is 19.4. The van der Waals surface area contributed by atoms with Gasteiger partial charge in [0.05, 0.1) is 19.3 Å². The molecule has 2 rings (SSSR count). The van der Waals surface area contributed by atoms with Gasteiger partial charge in [-0.1, -0.05) is 0 Å². The van der Waals surface area contributed by atoms with Crippen LogP contribution in [0.3, 0.4) is 0 Å². The molecule has 1 unspecified atom stereocenters. The first-order chi connectivity index (χ1) is 10.9. The van der Waals surface area contributed by atoms with Crippen molar-refractivity contribution in [2.75, 3.05) is 27.4 Å². The maximum atomic E-state index is 13.1. The number of methoxy groups -OCH3 is 2. The predicted octanol–water partition coefficient (Wildman–Crippen LogP) is 2.59. The number of rotatable bonds is 5. The van der Waals surface area contributed by atoms with Crippen LogP contribution in [-0.4, -0.2) is 45.7 Å². The van der Waals surface area contributed by atoms with E-state index in [-0.39, 0.29) is 12.4 Å². The number of hydrogen-bond donors (Lipinski definition) is 0. The van der Waals surface area contributed by atoms with E-state index in [0.29, 0.717) is 17.9 Å². The van der Waals surface area contributed by atoms with Crippen molar-refractivity contribution in [1.29, 1.82) is 0 Å². The van der Waals surface area contributed by atoms with Gasteiger partial charge in [0.15, 0.2) is 0 Å². The number of ether oxygens (including phenoxy) is 4. The summed E-state index contributed by atoms with van der Waals surface area (Å²) in [6.45, 7) is 0.594. The van der Waals surface area contributed by atoms with Crippen molar-refractivity contribution in [3.63, 3.8) is 0 Å². The smallest absolute Gasteiger partial charge is 0.430 e. The van der Waals surface area contributed by atoms with Crippen LogP contribution in [0.5, 0.6) is 11.5 Å². The number of carbonyl (C=O) groups is 1. The van der Waals surface area contributed by atoms with Crippen molar-refractivity contribution in [3.05, 3.63) is 29.3 Å². The fraction of sp³-hybridized carbons (Fsp3) is 0.400. The maximum absolute atomic E-state index is 13.1. The second kappa shape index (κ2) is 6.91. The summed E-state index contributed by atoms with van der Waals surface area (Å²) in [7, 11) is 2.52. The van der Waals surface area contributed by atoms with Gasteiger partial charge in [0.2, 0.25) is 6.10 Å². The first-order valence-corrected chi connectivity index (χ1v) is 6.66. The summed E-state index contributed by atoms with van der Waals surface area (Å²) in [4.78, 5) is 11.6. The van der Waals surface area contributed by atoms with E-state index in [9.17, 15) is 18.0 Å². The molecule has 0 fully saturated rings. The van der Waals surface area contributed by atoms with Gasteiger partial charge in [0.1, 0.15) is 18.1 Å². The molecule has 0 spiro atoms. The third kappa shape index (κ3) is 3.95. The van der Waals surface area contributed by atoms with E-state index in [4.69, 9.17) is 14.2 Å². The predicted molar refractivity (Wildman–Crippen MR) is 74.3 cm³/mol. The van der Waals surface area contributed by atoms with Gasteiger partial charge >= 0.3 is 12.1 Å². The van der Waals surface area contributed by atoms with E-state index in [0.717, 1.165) is 13.2 Å². The van der Waals surface area contributed by atoms with Crippen LogP contribution in [0.2, 0.25) is 0 Å². The lowest BCUT2D eigenvalue weighted by molar-refractivity contribution is -0.187. The topological polar surface area (TPSA) is 54.0 Å². The van der Waals surface area contributed by atoms with E-state index >= 15 is 0 Å². The zero-order chi connectivity index (χ0) is 17.0. The minimum Gasteiger partial charge on any atom is -0.491 e. The third-order valence-corrected chi connectivity index (χ3v) is 3.10. The average molecular weight is 332 g/mol. The molecular formula is C15H15F3O5. The van der Waals surface area contributed by atoms with E-state index in [1.165, 1.54) is 19.2 Å². The highest BCUT2D eigenvalue weighted by molar-refractivity contribution is 5.96. The first-order valence-electron chi connectivity index (χ1n) is 6.66. The lowest BCUT2D eigenvalue weighted by Crippen LogP contribution is -2.40. The van der Waals surface area contributed by atoms with Crippen molar-refractivity contribution in [1.82, 2.24) is 0 Å². The Labute approximate surface area is 130 Å². The van der Waals surface area contributed by atoms with Crippen molar-refractivity contribution < 1.29 is 36.9 Å². The number of halogens is 3. The van der Waals surface area contributed by atoms with Gasteiger partial charge in [0, 0.05) is 18.7 Å². The Hall–Kier alpha value is -2.22. The molecule has 8 heteroatoms. The van der Waals surface area contributed by atoms with Crippen LogP contribution in [-0.2, 0) is 14.3 Å². The summed E-state index contributed by atoms with van der Waals surface area (Å²) < 4.78 is 58.9. The first kappa shape index (κ1) is 17.1. The van der Waals surface area contributed by atoms with Crippen LogP contribution in [0.25, 0.3) is 6.08 Å². The molecule has 0 bridgehead atoms. The zero-order valence-electron chi connectivity index (χ0n) is 12.5. The molecule has 126 valence electrons. The molecule has 1 aliphatic rings. The molecule has 0 aromatic heterocycles. The zero-order valence-corrected chi connectivity index (χ0v) is 12.5. The second-order valence-electron chi connectivity index (χ2n) is 4.67. The molecule has 0 N–H and O–H groups in total. The molecule has 0 saturated carbocycles. The Balaban J connectivity index is 2.32. The molecule has 1 aromatic carbocycles. The Morgan fingerprint density at radius 3 is 2.61 bits per heavy atom. The SMILES string of the molecule is COCCOc1ccc2c(c1)OC(C(F)(F)F)C(C(=O)OC)=C2. The quantitative estimate of drug-likeness (QED) is 0.613. The van der Waals surface area contributed by atoms with Gasteiger partial charge in [-0.3, -0.25) is 0 Å². The molecule has 5 nitrogen and oxygen atoms in total. The summed E-state index contributed by atoms with van der Waals surface area (Å²) in [5.74, 6) is -0.759. The highest BCUT2D eigenvalue weighted by Gasteiger charge is 2.48. The second-order valence-corrected chi connectivity index (χ2v) is 4.67. The van der Waals surface area contributed by atoms with Crippen molar-refractivity contribution in [2.45, 2.75) is 12.3 Å². The largest absolute Gasteiger partial charge is 0.491 e. The van der Waals surface area contributed by atoms with Gasteiger partial charge < -0.3 is 18.9 Å². The maximum Gasteiger partial charge on any atom is 0.430 e. The standard InChI is InChI=1S/C15H15F3O5/c1-20-5-6-22-10-4-3-9-7-11(14(19)21-2)13(15(16,17)18)23-12(9)8-10/h3-4,7-8,13H,5-6H2,1-2H3. The molecule has 0 amide bonds. The van der Waals surface area contributed by atoms with Gasteiger partial charge in [0.25, 0.3) is 0 Å². The van der Waals surface area contributed by atoms with Crippen molar-refractivity contribution in [2.24, 2.45) is 0 Å². The normalized spacial score (nSPS) is 16.9. The Morgan fingerprint density at radius 1 is 1.26 bits per heavy atom. The number of alkyl halides is 3. The molecule has 1 aromatic rings. The van der Waals surface area contributed by atoms with Gasteiger partial charge in [-0.15, -0.1) is 0 Å². The van der Waals surface area contributed by atoms with Crippen LogP contribution in [0, 0.1) is 0 Å². The summed E-state index contributed by atoms with van der Waals surface area (Å²) in [6, 6.07) is 4.42. The molecule has 23 heavy (non-hydrogen) atoms. The van der Waals surface area contributed by atoms with Gasteiger partial charge in [-0.25, -0.2) is 4.79 Å². The Kier molecular flexibility index (Phi) is 5.15. The van der Waals surface area contributed by atoms with Crippen molar-refractivity contribution >= 4 is 12.0 Å². The lowest BCUT2D eigenvalue weighted by atomic mass is 10.0. The highest BCUT2D eigenvalue weighted by Crippen LogP contribution is 2.39. The molecule has 0 saturated heterocycles. The summed E-state index contributed by atoms with van der Waals surface area (Å²) in [5, 5.41) is 0. The molecule has 0 aliphatic carbocycles. The minimum atomic E-state index is -4.75. The van der Waals surface area contributed by atoms with Crippen LogP contribution in [0.4, 0.5) is 13.2 Å². The molecule has 1 aliphatic heterocycles. The molecule has 0 radical (unpaired) electrons. The molecular weight excluding hydrogens is 317 g/mol. The molecule has 1 atom stereocenters. The van der Waals surface area contributed by atoms with Crippen LogP contribution in [0.1, 0.15) is 5.56 Å².